The number of nitrogens with one attached hydrogen (secondary N) is 1. The highest BCUT2D eigenvalue weighted by molar-refractivity contribution is 7.09. The van der Waals surface area contributed by atoms with Crippen molar-refractivity contribution in [3.05, 3.63) is 40.6 Å². The van der Waals surface area contributed by atoms with E-state index in [1.54, 1.807) is 17.5 Å². The Balaban J connectivity index is 2.28. The van der Waals surface area contributed by atoms with Gasteiger partial charge in [-0.1, -0.05) is 0 Å². The summed E-state index contributed by atoms with van der Waals surface area (Å²) in [6, 6.07) is 2.13. The van der Waals surface area contributed by atoms with Gasteiger partial charge in [0.25, 0.3) is 0 Å². The maximum atomic E-state index is 5.46. The van der Waals surface area contributed by atoms with E-state index in [0.717, 1.165) is 11.3 Å². The fourth-order valence-corrected chi connectivity index (χ4v) is 2.44. The molecule has 5 heteroatoms. The lowest BCUT2D eigenvalue weighted by Gasteiger charge is -2.15. The lowest BCUT2D eigenvalue weighted by atomic mass is 10.1. The van der Waals surface area contributed by atoms with Crippen LogP contribution < -0.4 is 10.1 Å². The average Bonchev–Trinajstić information content (AvgIpc) is 2.85. The van der Waals surface area contributed by atoms with Crippen LogP contribution in [0.15, 0.2) is 30.2 Å². The van der Waals surface area contributed by atoms with E-state index in [-0.39, 0.29) is 6.04 Å². The number of aromatic nitrogens is 2. The predicted octanol–water partition coefficient (Wildman–Crippen LogP) is 2.25. The molecule has 0 bridgehead atoms. The molecule has 2 rings (SSSR count). The SMILES string of the molecule is CCOc1cncc(C(NC)c2cncs2)c1. The highest BCUT2D eigenvalue weighted by Crippen LogP contribution is 2.26. The summed E-state index contributed by atoms with van der Waals surface area (Å²) in [4.78, 5) is 9.47. The summed E-state index contributed by atoms with van der Waals surface area (Å²) in [5.74, 6) is 0.801. The summed E-state index contributed by atoms with van der Waals surface area (Å²) >= 11 is 1.63. The van der Waals surface area contributed by atoms with Gasteiger partial charge in [0.1, 0.15) is 5.75 Å². The minimum absolute atomic E-state index is 0.121. The van der Waals surface area contributed by atoms with Gasteiger partial charge >= 0.3 is 0 Å². The van der Waals surface area contributed by atoms with Gasteiger partial charge in [-0.2, -0.15) is 0 Å². The second kappa shape index (κ2) is 5.75. The lowest BCUT2D eigenvalue weighted by Crippen LogP contribution is -2.16. The molecule has 90 valence electrons. The molecule has 17 heavy (non-hydrogen) atoms. The van der Waals surface area contributed by atoms with E-state index in [1.807, 2.05) is 37.9 Å². The van der Waals surface area contributed by atoms with Crippen LogP contribution in [-0.4, -0.2) is 23.6 Å². The Hall–Kier alpha value is -1.46. The number of hydrogen-bond donors (Lipinski definition) is 1. The van der Waals surface area contributed by atoms with E-state index in [2.05, 4.69) is 15.3 Å². The first-order valence-electron chi connectivity index (χ1n) is 5.48. The molecule has 2 aromatic rings. The molecule has 0 saturated carbocycles. The highest BCUT2D eigenvalue weighted by Gasteiger charge is 2.14. The maximum absolute atomic E-state index is 5.46. The van der Waals surface area contributed by atoms with Crippen LogP contribution in [0.1, 0.15) is 23.4 Å². The number of hydrogen-bond acceptors (Lipinski definition) is 5. The minimum Gasteiger partial charge on any atom is -0.492 e. The third kappa shape index (κ3) is 2.81. The van der Waals surface area contributed by atoms with Crippen LogP contribution in [0.3, 0.4) is 0 Å². The summed E-state index contributed by atoms with van der Waals surface area (Å²) in [7, 11) is 1.93. The van der Waals surface area contributed by atoms with Crippen molar-refractivity contribution in [1.29, 1.82) is 0 Å². The van der Waals surface area contributed by atoms with Gasteiger partial charge in [-0.05, 0) is 25.6 Å². The molecule has 0 fully saturated rings. The molecule has 0 saturated heterocycles. The Kier molecular flexibility index (Phi) is 4.06. The molecule has 1 N–H and O–H groups in total. The van der Waals surface area contributed by atoms with Crippen LogP contribution in [0.2, 0.25) is 0 Å². The van der Waals surface area contributed by atoms with Gasteiger partial charge in [-0.3, -0.25) is 9.97 Å². The molecule has 0 radical (unpaired) electrons. The topological polar surface area (TPSA) is 47.0 Å². The Morgan fingerprint density at radius 1 is 1.35 bits per heavy atom. The molecule has 2 heterocycles. The first-order chi connectivity index (χ1) is 8.35. The van der Waals surface area contributed by atoms with Crippen LogP contribution in [0.5, 0.6) is 5.75 Å². The quantitative estimate of drug-likeness (QED) is 0.883. The normalized spacial score (nSPS) is 12.4. The number of rotatable bonds is 5. The number of thiazole rings is 1. The van der Waals surface area contributed by atoms with Crippen molar-refractivity contribution in [3.63, 3.8) is 0 Å². The van der Waals surface area contributed by atoms with Gasteiger partial charge in [-0.15, -0.1) is 11.3 Å². The zero-order valence-electron chi connectivity index (χ0n) is 9.88. The Bertz CT molecular complexity index is 459. The van der Waals surface area contributed by atoms with Crippen molar-refractivity contribution >= 4 is 11.3 Å². The summed E-state index contributed by atoms with van der Waals surface area (Å²) in [5, 5.41) is 3.26. The highest BCUT2D eigenvalue weighted by atomic mass is 32.1. The second-order valence-electron chi connectivity index (χ2n) is 3.51. The van der Waals surface area contributed by atoms with Crippen LogP contribution in [0, 0.1) is 0 Å². The molecule has 1 atom stereocenters. The van der Waals surface area contributed by atoms with Crippen molar-refractivity contribution in [2.45, 2.75) is 13.0 Å². The first kappa shape index (κ1) is 12.0. The van der Waals surface area contributed by atoms with Gasteiger partial charge in [0.05, 0.1) is 24.4 Å². The van der Waals surface area contributed by atoms with Crippen LogP contribution in [0.4, 0.5) is 0 Å². The first-order valence-corrected chi connectivity index (χ1v) is 6.36. The lowest BCUT2D eigenvalue weighted by molar-refractivity contribution is 0.338. The van der Waals surface area contributed by atoms with Gasteiger partial charge < -0.3 is 10.1 Å². The largest absolute Gasteiger partial charge is 0.492 e. The molecule has 0 amide bonds. The number of pyridine rings is 1. The molecule has 0 spiro atoms. The fourth-order valence-electron chi connectivity index (χ4n) is 1.68. The molecule has 0 aliphatic rings. The molecule has 0 aromatic carbocycles. The summed E-state index contributed by atoms with van der Waals surface area (Å²) < 4.78 is 5.46. The molecular formula is C12H15N3OS. The fraction of sp³-hybridized carbons (Fsp3) is 0.333. The molecule has 1 unspecified atom stereocenters. The second-order valence-corrected chi connectivity index (χ2v) is 4.43. The predicted molar refractivity (Wildman–Crippen MR) is 68.4 cm³/mol. The van der Waals surface area contributed by atoms with E-state index in [0.29, 0.717) is 6.61 Å². The van der Waals surface area contributed by atoms with Crippen molar-refractivity contribution in [1.82, 2.24) is 15.3 Å². The van der Waals surface area contributed by atoms with Crippen molar-refractivity contribution in [3.8, 4) is 5.75 Å². The molecule has 0 aliphatic heterocycles. The molecule has 0 aliphatic carbocycles. The summed E-state index contributed by atoms with van der Waals surface area (Å²) in [5.41, 5.74) is 2.92. The number of ether oxygens (including phenoxy) is 1. The smallest absolute Gasteiger partial charge is 0.137 e. The summed E-state index contributed by atoms with van der Waals surface area (Å²) in [6.07, 6.45) is 5.45. The van der Waals surface area contributed by atoms with E-state index in [1.165, 1.54) is 4.88 Å². The van der Waals surface area contributed by atoms with E-state index < -0.39 is 0 Å². The van der Waals surface area contributed by atoms with E-state index >= 15 is 0 Å². The Morgan fingerprint density at radius 2 is 2.24 bits per heavy atom. The van der Waals surface area contributed by atoms with Crippen LogP contribution in [-0.2, 0) is 0 Å². The zero-order chi connectivity index (χ0) is 12.1. The van der Waals surface area contributed by atoms with Crippen LogP contribution in [0.25, 0.3) is 0 Å². The third-order valence-corrected chi connectivity index (χ3v) is 3.24. The monoisotopic (exact) mass is 249 g/mol. The minimum atomic E-state index is 0.121. The molecular weight excluding hydrogens is 234 g/mol. The van der Waals surface area contributed by atoms with Gasteiger partial charge in [-0.25, -0.2) is 0 Å². The van der Waals surface area contributed by atoms with Crippen LogP contribution >= 0.6 is 11.3 Å². The van der Waals surface area contributed by atoms with Gasteiger partial charge in [0, 0.05) is 17.3 Å². The van der Waals surface area contributed by atoms with E-state index in [9.17, 15) is 0 Å². The van der Waals surface area contributed by atoms with Crippen molar-refractivity contribution in [2.75, 3.05) is 13.7 Å². The number of nitrogens with zero attached hydrogens (tertiary/aromatic N) is 2. The van der Waals surface area contributed by atoms with E-state index in [4.69, 9.17) is 4.74 Å². The zero-order valence-corrected chi connectivity index (χ0v) is 10.7. The van der Waals surface area contributed by atoms with Gasteiger partial charge in [0.2, 0.25) is 0 Å². The third-order valence-electron chi connectivity index (χ3n) is 2.40. The molecule has 4 nitrogen and oxygen atoms in total. The molecule has 2 aromatic heterocycles. The maximum Gasteiger partial charge on any atom is 0.137 e. The Labute approximate surface area is 105 Å². The average molecular weight is 249 g/mol. The standard InChI is InChI=1S/C12H15N3OS/c1-3-16-10-4-9(5-14-6-10)12(13-2)11-7-15-8-17-11/h4-8,12-13H,3H2,1-2H3. The van der Waals surface area contributed by atoms with Crippen molar-refractivity contribution < 1.29 is 4.74 Å². The summed E-state index contributed by atoms with van der Waals surface area (Å²) in [6.45, 7) is 2.61. The Morgan fingerprint density at radius 3 is 2.88 bits per heavy atom. The van der Waals surface area contributed by atoms with Gasteiger partial charge in [0.15, 0.2) is 0 Å². The van der Waals surface area contributed by atoms with Crippen molar-refractivity contribution in [2.24, 2.45) is 0 Å².